The Morgan fingerprint density at radius 1 is 0.875 bits per heavy atom. The lowest BCUT2D eigenvalue weighted by molar-refractivity contribution is 0.102. The monoisotopic (exact) mass is 489 g/mol. The van der Waals surface area contributed by atoms with Gasteiger partial charge in [-0.2, -0.15) is 0 Å². The van der Waals surface area contributed by atoms with Crippen LogP contribution in [0, 0.1) is 0 Å². The molecule has 3 aromatic carbocycles. The molecular weight excluding hydrogens is 474 g/mol. The van der Waals surface area contributed by atoms with Gasteiger partial charge in [-0.3, -0.25) is 4.79 Å². The van der Waals surface area contributed by atoms with Crippen molar-refractivity contribution >= 4 is 48.2 Å². The van der Waals surface area contributed by atoms with Crippen molar-refractivity contribution in [2.24, 2.45) is 5.14 Å². The minimum Gasteiger partial charge on any atom is -0.456 e. The van der Waals surface area contributed by atoms with Crippen LogP contribution in [-0.4, -0.2) is 28.4 Å². The Bertz CT molecular complexity index is 1540. The number of para-hydroxylation sites is 1. The molecule has 0 atom stereocenters. The molecule has 164 valence electrons. The summed E-state index contributed by atoms with van der Waals surface area (Å²) in [6.07, 6.45) is 0. The standard InChI is InChI=1S/C22H16ClNO6S2/c23-17-11-15(20-12-14-5-1-2-6-19(14)30-20)9-10-16(17)18(25)13-31(26,27)21-7-3-4-8-22(21)32(24,28)29/h1-12H,13H2,(H2,24,28,29). The lowest BCUT2D eigenvalue weighted by atomic mass is 10.1. The normalized spacial score (nSPS) is 12.2. The molecule has 2 N–H and O–H groups in total. The summed E-state index contributed by atoms with van der Waals surface area (Å²) in [7, 11) is -8.60. The van der Waals surface area contributed by atoms with Gasteiger partial charge >= 0.3 is 0 Å². The van der Waals surface area contributed by atoms with Gasteiger partial charge < -0.3 is 4.42 Å². The molecule has 0 spiro atoms. The van der Waals surface area contributed by atoms with Gasteiger partial charge in [-0.25, -0.2) is 22.0 Å². The molecule has 0 saturated heterocycles. The van der Waals surface area contributed by atoms with Gasteiger partial charge in [0, 0.05) is 16.5 Å². The van der Waals surface area contributed by atoms with E-state index in [1.54, 1.807) is 6.07 Å². The van der Waals surface area contributed by atoms with E-state index in [1.807, 2.05) is 30.3 Å². The van der Waals surface area contributed by atoms with Crippen LogP contribution in [0.5, 0.6) is 0 Å². The highest BCUT2D eigenvalue weighted by atomic mass is 35.5. The molecule has 0 aliphatic carbocycles. The number of primary sulfonamides is 1. The molecule has 32 heavy (non-hydrogen) atoms. The van der Waals surface area contributed by atoms with Gasteiger partial charge in [0.1, 0.15) is 22.0 Å². The van der Waals surface area contributed by atoms with Crippen LogP contribution in [0.25, 0.3) is 22.3 Å². The maximum atomic E-state index is 12.8. The molecular formula is C22H16ClNO6S2. The number of ketones is 1. The number of fused-ring (bicyclic) bond motifs is 1. The third-order valence-electron chi connectivity index (χ3n) is 4.79. The summed E-state index contributed by atoms with van der Waals surface area (Å²) in [6.45, 7) is 0. The van der Waals surface area contributed by atoms with E-state index in [0.29, 0.717) is 16.9 Å². The zero-order chi connectivity index (χ0) is 23.1. The van der Waals surface area contributed by atoms with Gasteiger partial charge in [0.25, 0.3) is 0 Å². The highest BCUT2D eigenvalue weighted by Crippen LogP contribution is 2.31. The molecule has 0 fully saturated rings. The summed E-state index contributed by atoms with van der Waals surface area (Å²) in [5.74, 6) is -1.21. The van der Waals surface area contributed by atoms with E-state index >= 15 is 0 Å². The fourth-order valence-electron chi connectivity index (χ4n) is 3.29. The van der Waals surface area contributed by atoms with Crippen molar-refractivity contribution in [2.75, 3.05) is 5.75 Å². The number of carbonyl (C=O) groups excluding carboxylic acids is 1. The van der Waals surface area contributed by atoms with Crippen LogP contribution < -0.4 is 5.14 Å². The van der Waals surface area contributed by atoms with Crippen LogP contribution in [-0.2, 0) is 19.9 Å². The minimum atomic E-state index is -4.30. The third kappa shape index (κ3) is 4.33. The first-order valence-electron chi connectivity index (χ1n) is 9.22. The predicted octanol–water partition coefficient (Wildman–Crippen LogP) is 4.06. The van der Waals surface area contributed by atoms with E-state index in [2.05, 4.69) is 0 Å². The second-order valence-corrected chi connectivity index (χ2v) is 10.9. The largest absolute Gasteiger partial charge is 0.456 e. The van der Waals surface area contributed by atoms with Crippen LogP contribution >= 0.6 is 11.6 Å². The third-order valence-corrected chi connectivity index (χ3v) is 7.87. The van der Waals surface area contributed by atoms with Gasteiger partial charge in [-0.15, -0.1) is 0 Å². The Kier molecular flexibility index (Phi) is 5.68. The molecule has 4 rings (SSSR count). The SMILES string of the molecule is NS(=O)(=O)c1ccccc1S(=O)(=O)CC(=O)c1ccc(-c2cc3ccccc3o2)cc1Cl. The first-order valence-corrected chi connectivity index (χ1v) is 12.8. The Hall–Kier alpha value is -2.98. The highest BCUT2D eigenvalue weighted by molar-refractivity contribution is 7.94. The number of sulfonamides is 1. The summed E-state index contributed by atoms with van der Waals surface area (Å²) in [6, 6.07) is 18.6. The molecule has 0 bridgehead atoms. The van der Waals surface area contributed by atoms with Crippen molar-refractivity contribution in [3.63, 3.8) is 0 Å². The number of halogens is 1. The minimum absolute atomic E-state index is 0.0109. The van der Waals surface area contributed by atoms with Gasteiger partial charge in [0.15, 0.2) is 15.6 Å². The van der Waals surface area contributed by atoms with Crippen LogP contribution in [0.4, 0.5) is 0 Å². The molecule has 0 unspecified atom stereocenters. The molecule has 1 aromatic heterocycles. The van der Waals surface area contributed by atoms with Crippen LogP contribution in [0.15, 0.2) is 87.0 Å². The average Bonchev–Trinajstić information content (AvgIpc) is 3.17. The fourth-order valence-corrected chi connectivity index (χ4v) is 6.24. The fraction of sp³-hybridized carbons (Fsp3) is 0.0455. The lowest BCUT2D eigenvalue weighted by Gasteiger charge is -2.09. The number of Topliss-reactive ketones (excluding diaryl/α,β-unsaturated/α-hetero) is 1. The van der Waals surface area contributed by atoms with Crippen molar-refractivity contribution in [1.29, 1.82) is 0 Å². The molecule has 0 radical (unpaired) electrons. The molecule has 10 heteroatoms. The van der Waals surface area contributed by atoms with Crippen molar-refractivity contribution < 1.29 is 26.0 Å². The van der Waals surface area contributed by atoms with Gasteiger partial charge in [0.05, 0.1) is 9.92 Å². The van der Waals surface area contributed by atoms with E-state index in [-0.39, 0.29) is 10.6 Å². The molecule has 0 saturated carbocycles. The molecule has 0 amide bonds. The smallest absolute Gasteiger partial charge is 0.239 e. The van der Waals surface area contributed by atoms with E-state index < -0.39 is 41.2 Å². The molecule has 0 aliphatic heterocycles. The van der Waals surface area contributed by atoms with E-state index in [9.17, 15) is 21.6 Å². The second kappa shape index (κ2) is 8.18. The number of benzene rings is 3. The number of hydrogen-bond donors (Lipinski definition) is 1. The maximum absolute atomic E-state index is 12.8. The number of carbonyl (C=O) groups is 1. The Morgan fingerprint density at radius 2 is 1.53 bits per heavy atom. The van der Waals surface area contributed by atoms with Gasteiger partial charge in [-0.05, 0) is 36.4 Å². The number of nitrogens with two attached hydrogens (primary N) is 1. The van der Waals surface area contributed by atoms with Crippen LogP contribution in [0.3, 0.4) is 0 Å². The van der Waals surface area contributed by atoms with E-state index in [1.165, 1.54) is 24.3 Å². The maximum Gasteiger partial charge on any atom is 0.239 e. The van der Waals surface area contributed by atoms with Crippen LogP contribution in [0.2, 0.25) is 5.02 Å². The molecule has 4 aromatic rings. The van der Waals surface area contributed by atoms with Gasteiger partial charge in [0.2, 0.25) is 10.0 Å². The number of sulfone groups is 1. The first-order chi connectivity index (χ1) is 15.1. The predicted molar refractivity (Wildman–Crippen MR) is 121 cm³/mol. The Labute approximate surface area is 189 Å². The first kappa shape index (κ1) is 22.2. The molecule has 1 heterocycles. The number of rotatable bonds is 6. The topological polar surface area (TPSA) is 125 Å². The summed E-state index contributed by atoms with van der Waals surface area (Å²) < 4.78 is 54.8. The summed E-state index contributed by atoms with van der Waals surface area (Å²) in [5.41, 5.74) is 1.30. The summed E-state index contributed by atoms with van der Waals surface area (Å²) >= 11 is 6.28. The van der Waals surface area contributed by atoms with Crippen LogP contribution in [0.1, 0.15) is 10.4 Å². The average molecular weight is 490 g/mol. The molecule has 0 aliphatic rings. The zero-order valence-electron chi connectivity index (χ0n) is 16.4. The second-order valence-electron chi connectivity index (χ2n) is 7.02. The quantitative estimate of drug-likeness (QED) is 0.407. The zero-order valence-corrected chi connectivity index (χ0v) is 18.7. The van der Waals surface area contributed by atoms with E-state index in [4.69, 9.17) is 21.2 Å². The van der Waals surface area contributed by atoms with Crippen molar-refractivity contribution in [3.05, 3.63) is 83.4 Å². The van der Waals surface area contributed by atoms with Gasteiger partial charge in [-0.1, -0.05) is 48.0 Å². The molecule has 7 nitrogen and oxygen atoms in total. The Morgan fingerprint density at radius 3 is 2.19 bits per heavy atom. The Balaban J connectivity index is 1.64. The lowest BCUT2D eigenvalue weighted by Crippen LogP contribution is -2.21. The highest BCUT2D eigenvalue weighted by Gasteiger charge is 2.27. The van der Waals surface area contributed by atoms with Crippen molar-refractivity contribution in [3.8, 4) is 11.3 Å². The van der Waals surface area contributed by atoms with Crippen molar-refractivity contribution in [2.45, 2.75) is 9.79 Å². The number of furan rings is 1. The summed E-state index contributed by atoms with van der Waals surface area (Å²) in [5, 5.41) is 6.06. The van der Waals surface area contributed by atoms with E-state index in [0.717, 1.165) is 17.5 Å². The summed E-state index contributed by atoms with van der Waals surface area (Å²) in [4.78, 5) is 11.6. The van der Waals surface area contributed by atoms with Crippen molar-refractivity contribution in [1.82, 2.24) is 0 Å². The number of hydrogen-bond acceptors (Lipinski definition) is 6.